The molecule has 174 valence electrons. The molecule has 1 amide bonds. The molecule has 34 heavy (non-hydrogen) atoms. The topological polar surface area (TPSA) is 79.2 Å². The van der Waals surface area contributed by atoms with Gasteiger partial charge in [0.1, 0.15) is 6.04 Å². The van der Waals surface area contributed by atoms with E-state index in [-0.39, 0.29) is 12.3 Å². The minimum atomic E-state index is -0.754. The first kappa shape index (κ1) is 24.7. The third-order valence-corrected chi connectivity index (χ3v) is 6.08. The Labute approximate surface area is 201 Å². The molecule has 0 spiro atoms. The Hall–Kier alpha value is -3.91. The average Bonchev–Trinajstić information content (AvgIpc) is 2.90. The van der Waals surface area contributed by atoms with Gasteiger partial charge in [-0.2, -0.15) is 5.26 Å². The summed E-state index contributed by atoms with van der Waals surface area (Å²) >= 11 is 0. The number of hydrogen-bond acceptors (Lipinski definition) is 4. The summed E-state index contributed by atoms with van der Waals surface area (Å²) in [6.45, 7) is 0. The smallest absolute Gasteiger partial charge is 0.328 e. The van der Waals surface area contributed by atoms with Crippen molar-refractivity contribution in [3.8, 4) is 6.07 Å². The van der Waals surface area contributed by atoms with E-state index in [4.69, 9.17) is 10.00 Å². The quantitative estimate of drug-likeness (QED) is 0.247. The third-order valence-electron chi connectivity index (χ3n) is 6.08. The van der Waals surface area contributed by atoms with Crippen LogP contribution in [0.15, 0.2) is 91.0 Å². The predicted octanol–water partition coefficient (Wildman–Crippen LogP) is 5.15. The number of unbranched alkanes of at least 4 members (excludes halogenated alkanes) is 2. The highest BCUT2D eigenvalue weighted by molar-refractivity contribution is 5.86. The Bertz CT molecular complexity index is 996. The first-order chi connectivity index (χ1) is 16.6. The first-order valence-corrected chi connectivity index (χ1v) is 11.5. The lowest BCUT2D eigenvalue weighted by atomic mass is 9.67. The molecule has 0 heterocycles. The van der Waals surface area contributed by atoms with Crippen LogP contribution in [0.4, 0.5) is 0 Å². The molecule has 0 bridgehead atoms. The monoisotopic (exact) mass is 454 g/mol. The maximum atomic E-state index is 13.5. The van der Waals surface area contributed by atoms with Crippen LogP contribution >= 0.6 is 0 Å². The number of methoxy groups -OCH3 is 1. The summed E-state index contributed by atoms with van der Waals surface area (Å²) in [4.78, 5) is 25.9. The zero-order chi connectivity index (χ0) is 24.2. The van der Waals surface area contributed by atoms with Gasteiger partial charge in [0.25, 0.3) is 0 Å². The molecule has 0 aromatic heterocycles. The summed E-state index contributed by atoms with van der Waals surface area (Å²) in [7, 11) is 1.32. The maximum Gasteiger partial charge on any atom is 0.328 e. The van der Waals surface area contributed by atoms with Crippen LogP contribution in [-0.4, -0.2) is 25.0 Å². The fraction of sp³-hybridized carbons (Fsp3) is 0.276. The second-order valence-corrected chi connectivity index (χ2v) is 8.23. The Kier molecular flexibility index (Phi) is 8.99. The number of ether oxygens (including phenoxy) is 1. The van der Waals surface area contributed by atoms with Crippen LogP contribution < -0.4 is 5.32 Å². The van der Waals surface area contributed by atoms with Crippen molar-refractivity contribution in [1.29, 1.82) is 5.26 Å². The minimum absolute atomic E-state index is 0.122. The van der Waals surface area contributed by atoms with Gasteiger partial charge in [-0.1, -0.05) is 91.0 Å². The van der Waals surface area contributed by atoms with E-state index in [1.807, 2.05) is 91.0 Å². The summed E-state index contributed by atoms with van der Waals surface area (Å²) in [5.41, 5.74) is 2.23. The second kappa shape index (κ2) is 12.4. The van der Waals surface area contributed by atoms with Crippen LogP contribution in [0.3, 0.4) is 0 Å². The van der Waals surface area contributed by atoms with E-state index in [2.05, 4.69) is 11.4 Å². The van der Waals surface area contributed by atoms with Crippen LogP contribution in [-0.2, 0) is 19.7 Å². The van der Waals surface area contributed by atoms with Gasteiger partial charge >= 0.3 is 5.97 Å². The first-order valence-electron chi connectivity index (χ1n) is 11.5. The molecule has 0 radical (unpaired) electrons. The molecule has 0 aliphatic heterocycles. The van der Waals surface area contributed by atoms with Gasteiger partial charge in [0.15, 0.2) is 0 Å². The van der Waals surface area contributed by atoms with Crippen LogP contribution in [0.1, 0.15) is 48.8 Å². The van der Waals surface area contributed by atoms with Crippen LogP contribution in [0, 0.1) is 11.3 Å². The Morgan fingerprint density at radius 3 is 1.74 bits per heavy atom. The van der Waals surface area contributed by atoms with E-state index in [0.717, 1.165) is 16.7 Å². The molecule has 3 aromatic rings. The second-order valence-electron chi connectivity index (χ2n) is 8.23. The number of nitriles is 1. The van der Waals surface area contributed by atoms with E-state index in [1.165, 1.54) is 7.11 Å². The number of rotatable bonds is 11. The zero-order valence-electron chi connectivity index (χ0n) is 19.4. The molecule has 0 aliphatic carbocycles. The Morgan fingerprint density at radius 2 is 1.32 bits per heavy atom. The minimum Gasteiger partial charge on any atom is -0.467 e. The molecule has 1 atom stereocenters. The third kappa shape index (κ3) is 5.90. The SMILES string of the molecule is COC(=O)[C@@H](CCCCC#N)NC(=O)CC(c1ccccc1)(c1ccccc1)c1ccccc1. The van der Waals surface area contributed by atoms with Gasteiger partial charge < -0.3 is 10.1 Å². The predicted molar refractivity (Wildman–Crippen MR) is 132 cm³/mol. The Morgan fingerprint density at radius 1 is 0.853 bits per heavy atom. The summed E-state index contributed by atoms with van der Waals surface area (Å²) in [6, 6.07) is 31.3. The summed E-state index contributed by atoms with van der Waals surface area (Å²) in [5, 5.41) is 11.7. The van der Waals surface area contributed by atoms with E-state index >= 15 is 0 Å². The number of carbonyl (C=O) groups is 2. The molecule has 5 heteroatoms. The molecule has 0 aliphatic rings. The molecule has 3 aromatic carbocycles. The molecule has 5 nitrogen and oxygen atoms in total. The van der Waals surface area contributed by atoms with E-state index in [9.17, 15) is 9.59 Å². The Balaban J connectivity index is 1.99. The van der Waals surface area contributed by atoms with Crippen molar-refractivity contribution in [3.63, 3.8) is 0 Å². The molecule has 0 fully saturated rings. The number of amides is 1. The molecular formula is C29H30N2O3. The highest BCUT2D eigenvalue weighted by atomic mass is 16.5. The van der Waals surface area contributed by atoms with Gasteiger partial charge in [0.2, 0.25) is 5.91 Å². The number of esters is 1. The number of carbonyl (C=O) groups excluding carboxylic acids is 2. The van der Waals surface area contributed by atoms with Gasteiger partial charge in [-0.05, 0) is 36.0 Å². The average molecular weight is 455 g/mol. The van der Waals surface area contributed by atoms with E-state index < -0.39 is 17.4 Å². The van der Waals surface area contributed by atoms with E-state index in [1.54, 1.807) is 0 Å². The highest BCUT2D eigenvalue weighted by Crippen LogP contribution is 2.42. The van der Waals surface area contributed by atoms with Crippen LogP contribution in [0.2, 0.25) is 0 Å². The van der Waals surface area contributed by atoms with Crippen molar-refractivity contribution in [2.24, 2.45) is 0 Å². The lowest BCUT2D eigenvalue weighted by Gasteiger charge is -2.36. The van der Waals surface area contributed by atoms with Gasteiger partial charge in [-0.3, -0.25) is 4.79 Å². The molecular weight excluding hydrogens is 424 g/mol. The number of hydrogen-bond donors (Lipinski definition) is 1. The summed E-state index contributed by atoms with van der Waals surface area (Å²) in [6.07, 6.45) is 2.28. The highest BCUT2D eigenvalue weighted by Gasteiger charge is 2.39. The van der Waals surface area contributed by atoms with Gasteiger partial charge in [-0.15, -0.1) is 0 Å². The van der Waals surface area contributed by atoms with Gasteiger partial charge in [0, 0.05) is 12.8 Å². The van der Waals surface area contributed by atoms with Gasteiger partial charge in [-0.25, -0.2) is 4.79 Å². The van der Waals surface area contributed by atoms with Crippen molar-refractivity contribution in [2.75, 3.05) is 7.11 Å². The number of benzene rings is 3. The van der Waals surface area contributed by atoms with Crippen molar-refractivity contribution >= 4 is 11.9 Å². The fourth-order valence-electron chi connectivity index (χ4n) is 4.40. The number of nitrogens with zero attached hydrogens (tertiary/aromatic N) is 1. The van der Waals surface area contributed by atoms with Crippen molar-refractivity contribution in [1.82, 2.24) is 5.32 Å². The molecule has 3 rings (SSSR count). The molecule has 1 N–H and O–H groups in total. The van der Waals surface area contributed by atoms with Crippen molar-refractivity contribution < 1.29 is 14.3 Å². The lowest BCUT2D eigenvalue weighted by Crippen LogP contribution is -2.45. The largest absolute Gasteiger partial charge is 0.467 e. The van der Waals surface area contributed by atoms with Gasteiger partial charge in [0.05, 0.1) is 18.6 Å². The summed E-state index contributed by atoms with van der Waals surface area (Å²) < 4.78 is 4.94. The number of nitrogens with one attached hydrogen (secondary N) is 1. The van der Waals surface area contributed by atoms with Crippen LogP contribution in [0.25, 0.3) is 0 Å². The molecule has 0 unspecified atom stereocenters. The lowest BCUT2D eigenvalue weighted by molar-refractivity contribution is -0.145. The summed E-state index contributed by atoms with van der Waals surface area (Å²) in [5.74, 6) is -0.720. The molecule has 0 saturated carbocycles. The van der Waals surface area contributed by atoms with E-state index in [0.29, 0.717) is 25.7 Å². The standard InChI is InChI=1S/C29H30N2O3/c1-34-28(33)26(20-12-5-13-21-30)31-27(32)22-29(23-14-6-2-7-15-23,24-16-8-3-9-17-24)25-18-10-4-11-19-25/h2-4,6-11,14-19,26H,5,12-13,20,22H2,1H3,(H,31,32)/t26-/m1/s1. The normalized spacial score (nSPS) is 11.8. The molecule has 0 saturated heterocycles. The maximum absolute atomic E-state index is 13.5. The fourth-order valence-corrected chi connectivity index (χ4v) is 4.40. The zero-order valence-corrected chi connectivity index (χ0v) is 19.4. The van der Waals surface area contributed by atoms with Crippen molar-refractivity contribution in [2.45, 2.75) is 43.6 Å². The van der Waals surface area contributed by atoms with Crippen LogP contribution in [0.5, 0.6) is 0 Å². The van der Waals surface area contributed by atoms with Crippen molar-refractivity contribution in [3.05, 3.63) is 108 Å².